The van der Waals surface area contributed by atoms with Crippen molar-refractivity contribution < 1.29 is 0 Å². The van der Waals surface area contributed by atoms with Gasteiger partial charge in [-0.25, -0.2) is 4.99 Å². The first kappa shape index (κ1) is 15.0. The second-order valence-electron chi connectivity index (χ2n) is 5.05. The highest BCUT2D eigenvalue weighted by Gasteiger charge is 2.34. The molecular formula is C15H15Cl2N5. The molecule has 1 aliphatic heterocycles. The number of rotatable bonds is 4. The van der Waals surface area contributed by atoms with Crippen molar-refractivity contribution in [2.24, 2.45) is 10.7 Å². The Morgan fingerprint density at radius 2 is 1.77 bits per heavy atom. The summed E-state index contributed by atoms with van der Waals surface area (Å²) >= 11 is 12.1. The number of nitrogens with two attached hydrogens (primary N) is 1. The highest BCUT2D eigenvalue weighted by molar-refractivity contribution is 6.35. The summed E-state index contributed by atoms with van der Waals surface area (Å²) in [6, 6.07) is 15.2. The molecule has 1 unspecified atom stereocenters. The highest BCUT2D eigenvalue weighted by Crippen LogP contribution is 2.26. The third-order valence-electron chi connectivity index (χ3n) is 3.23. The first-order valence-electron chi connectivity index (χ1n) is 6.71. The normalized spacial score (nSPS) is 20.4. The number of aliphatic imine (C=N–C) groups is 1. The molecular weight excluding hydrogens is 321 g/mol. The molecule has 0 aliphatic carbocycles. The van der Waals surface area contributed by atoms with Crippen molar-refractivity contribution in [1.82, 2.24) is 10.9 Å². The average Bonchev–Trinajstić information content (AvgIpc) is 2.79. The lowest BCUT2D eigenvalue weighted by molar-refractivity contribution is 0.395. The largest absolute Gasteiger partial charge is 0.369 e. The average molecular weight is 336 g/mol. The van der Waals surface area contributed by atoms with Crippen molar-refractivity contribution in [2.75, 3.05) is 5.32 Å². The predicted octanol–water partition coefficient (Wildman–Crippen LogP) is 2.72. The molecule has 22 heavy (non-hydrogen) atoms. The van der Waals surface area contributed by atoms with Crippen LogP contribution in [0.4, 0.5) is 5.69 Å². The second-order valence-corrected chi connectivity index (χ2v) is 5.93. The first-order valence-corrected chi connectivity index (χ1v) is 7.47. The van der Waals surface area contributed by atoms with Gasteiger partial charge in [0.15, 0.2) is 0 Å². The Labute approximate surface area is 138 Å². The van der Waals surface area contributed by atoms with E-state index in [1.54, 1.807) is 18.2 Å². The predicted molar refractivity (Wildman–Crippen MR) is 90.9 cm³/mol. The molecule has 0 bridgehead atoms. The monoisotopic (exact) mass is 335 g/mol. The molecule has 0 saturated carbocycles. The molecule has 1 heterocycles. The van der Waals surface area contributed by atoms with Crippen LogP contribution in [0.2, 0.25) is 10.0 Å². The summed E-state index contributed by atoms with van der Waals surface area (Å²) in [6.07, 6.45) is 0.589. The maximum Gasteiger partial charge on any atom is 0.209 e. The number of nitrogens with zero attached hydrogens (tertiary/aromatic N) is 1. The maximum atomic E-state index is 6.05. The van der Waals surface area contributed by atoms with Gasteiger partial charge in [0, 0.05) is 22.2 Å². The Morgan fingerprint density at radius 3 is 2.36 bits per heavy atom. The van der Waals surface area contributed by atoms with Crippen molar-refractivity contribution in [3.05, 3.63) is 64.1 Å². The molecule has 0 saturated heterocycles. The van der Waals surface area contributed by atoms with Crippen LogP contribution in [0.25, 0.3) is 0 Å². The molecule has 0 radical (unpaired) electrons. The van der Waals surface area contributed by atoms with Gasteiger partial charge in [-0.05, 0) is 23.8 Å². The number of guanidine groups is 1. The number of halogens is 2. The van der Waals surface area contributed by atoms with Gasteiger partial charge in [0.1, 0.15) is 0 Å². The van der Waals surface area contributed by atoms with Gasteiger partial charge in [-0.15, -0.1) is 0 Å². The maximum absolute atomic E-state index is 6.05. The van der Waals surface area contributed by atoms with E-state index in [2.05, 4.69) is 21.2 Å². The lowest BCUT2D eigenvalue weighted by atomic mass is 10.1. The van der Waals surface area contributed by atoms with Crippen LogP contribution in [0.3, 0.4) is 0 Å². The molecule has 0 amide bonds. The molecule has 2 aromatic carbocycles. The minimum Gasteiger partial charge on any atom is -0.369 e. The molecule has 3 rings (SSSR count). The van der Waals surface area contributed by atoms with Gasteiger partial charge < -0.3 is 11.1 Å². The Kier molecular flexibility index (Phi) is 4.11. The van der Waals surface area contributed by atoms with Gasteiger partial charge in [-0.1, -0.05) is 53.5 Å². The van der Waals surface area contributed by atoms with Crippen molar-refractivity contribution in [3.8, 4) is 0 Å². The first-order chi connectivity index (χ1) is 10.5. The fourth-order valence-corrected chi connectivity index (χ4v) is 2.90. The highest BCUT2D eigenvalue weighted by atomic mass is 35.5. The van der Waals surface area contributed by atoms with Gasteiger partial charge in [-0.3, -0.25) is 5.43 Å². The summed E-state index contributed by atoms with van der Waals surface area (Å²) in [5.41, 5.74) is 13.5. The zero-order chi connectivity index (χ0) is 15.6. The number of hydrogen-bond donors (Lipinski definition) is 4. The van der Waals surface area contributed by atoms with Gasteiger partial charge in [-0.2, -0.15) is 5.43 Å². The third-order valence-corrected chi connectivity index (χ3v) is 3.66. The number of anilines is 1. The SMILES string of the molecule is NC1=NC(Cc2ccccc2)(Nc2cc(Cl)cc(Cl)c2)NN1. The zero-order valence-corrected chi connectivity index (χ0v) is 13.1. The van der Waals surface area contributed by atoms with Gasteiger partial charge in [0.25, 0.3) is 0 Å². The van der Waals surface area contributed by atoms with Crippen molar-refractivity contribution in [1.29, 1.82) is 0 Å². The van der Waals surface area contributed by atoms with E-state index in [0.717, 1.165) is 11.3 Å². The number of nitrogens with one attached hydrogen (secondary N) is 3. The molecule has 114 valence electrons. The lowest BCUT2D eigenvalue weighted by Crippen LogP contribution is -2.53. The van der Waals surface area contributed by atoms with Crippen LogP contribution < -0.4 is 21.9 Å². The summed E-state index contributed by atoms with van der Waals surface area (Å²) in [4.78, 5) is 4.44. The smallest absolute Gasteiger partial charge is 0.209 e. The molecule has 7 heteroatoms. The lowest BCUT2D eigenvalue weighted by Gasteiger charge is -2.28. The van der Waals surface area contributed by atoms with E-state index in [1.807, 2.05) is 30.3 Å². The van der Waals surface area contributed by atoms with Crippen LogP contribution in [0.15, 0.2) is 53.5 Å². The fourth-order valence-electron chi connectivity index (χ4n) is 2.37. The van der Waals surface area contributed by atoms with Gasteiger partial charge in [0.05, 0.1) is 0 Å². The van der Waals surface area contributed by atoms with Crippen LogP contribution in [-0.2, 0) is 6.42 Å². The molecule has 1 aliphatic rings. The van der Waals surface area contributed by atoms with Crippen LogP contribution >= 0.6 is 23.2 Å². The van der Waals surface area contributed by atoms with E-state index in [9.17, 15) is 0 Å². The Bertz CT molecular complexity index is 684. The molecule has 0 spiro atoms. The van der Waals surface area contributed by atoms with Crippen molar-refractivity contribution in [3.63, 3.8) is 0 Å². The molecule has 1 atom stereocenters. The molecule has 2 aromatic rings. The van der Waals surface area contributed by atoms with Crippen LogP contribution in [0, 0.1) is 0 Å². The fraction of sp³-hybridized carbons (Fsp3) is 0.133. The van der Waals surface area contributed by atoms with Gasteiger partial charge in [0.2, 0.25) is 11.7 Å². The molecule has 0 fully saturated rings. The van der Waals surface area contributed by atoms with Crippen LogP contribution in [0.5, 0.6) is 0 Å². The van der Waals surface area contributed by atoms with E-state index < -0.39 is 5.79 Å². The Morgan fingerprint density at radius 1 is 1.09 bits per heavy atom. The van der Waals surface area contributed by atoms with Gasteiger partial charge >= 0.3 is 0 Å². The standard InChI is InChI=1S/C15H15Cl2N5/c16-11-6-12(17)8-13(7-11)19-15(20-14(18)21-22-15)9-10-4-2-1-3-5-10/h1-8,19,22H,9H2,(H3,18,20,21). The van der Waals surface area contributed by atoms with E-state index in [1.165, 1.54) is 0 Å². The number of benzene rings is 2. The van der Waals surface area contributed by atoms with E-state index in [0.29, 0.717) is 22.4 Å². The van der Waals surface area contributed by atoms with Crippen LogP contribution in [0.1, 0.15) is 5.56 Å². The minimum atomic E-state index is -0.806. The summed E-state index contributed by atoms with van der Waals surface area (Å²) in [6.45, 7) is 0. The summed E-state index contributed by atoms with van der Waals surface area (Å²) in [5.74, 6) is -0.490. The zero-order valence-electron chi connectivity index (χ0n) is 11.6. The minimum absolute atomic E-state index is 0.316. The Hall–Kier alpha value is -1.95. The molecule has 5 N–H and O–H groups in total. The third kappa shape index (κ3) is 3.44. The number of hydrogen-bond acceptors (Lipinski definition) is 5. The van der Waals surface area contributed by atoms with Crippen molar-refractivity contribution >= 4 is 34.8 Å². The van der Waals surface area contributed by atoms with E-state index in [-0.39, 0.29) is 0 Å². The number of hydrazine groups is 1. The molecule has 0 aromatic heterocycles. The Balaban J connectivity index is 1.90. The quantitative estimate of drug-likeness (QED) is 0.693. The molecule has 5 nitrogen and oxygen atoms in total. The summed E-state index contributed by atoms with van der Waals surface area (Å²) in [5, 5.41) is 4.40. The van der Waals surface area contributed by atoms with Crippen molar-refractivity contribution in [2.45, 2.75) is 12.2 Å². The topological polar surface area (TPSA) is 74.5 Å². The summed E-state index contributed by atoms with van der Waals surface area (Å²) in [7, 11) is 0. The second kappa shape index (κ2) is 6.04. The van der Waals surface area contributed by atoms with E-state index in [4.69, 9.17) is 28.9 Å². The summed E-state index contributed by atoms with van der Waals surface area (Å²) < 4.78 is 0. The van der Waals surface area contributed by atoms with Crippen LogP contribution in [-0.4, -0.2) is 11.7 Å². The van der Waals surface area contributed by atoms with E-state index >= 15 is 0 Å².